The number of benzene rings is 2. The van der Waals surface area contributed by atoms with Gasteiger partial charge < -0.3 is 15.0 Å². The monoisotopic (exact) mass is 364 g/mol. The van der Waals surface area contributed by atoms with Crippen LogP contribution in [0.5, 0.6) is 5.75 Å². The summed E-state index contributed by atoms with van der Waals surface area (Å²) in [4.78, 5) is 13.8. The van der Waals surface area contributed by atoms with E-state index in [-0.39, 0.29) is 24.0 Å². The van der Waals surface area contributed by atoms with E-state index in [2.05, 4.69) is 10.2 Å². The third kappa shape index (κ3) is 3.92. The number of carbonyl (C=O) groups excluding carboxylic acids is 1. The Morgan fingerprint density at radius 1 is 1.19 bits per heavy atom. The van der Waals surface area contributed by atoms with Gasteiger partial charge in [0.15, 0.2) is 0 Å². The van der Waals surface area contributed by atoms with Crippen LogP contribution in [0, 0.1) is 23.4 Å². The van der Waals surface area contributed by atoms with Crippen LogP contribution in [0.15, 0.2) is 36.4 Å². The van der Waals surface area contributed by atoms with Gasteiger partial charge in [-0.1, -0.05) is 0 Å². The molecule has 2 aromatic rings. The molecule has 0 aromatic heterocycles. The van der Waals surface area contributed by atoms with Crippen molar-refractivity contribution in [1.82, 2.24) is 5.32 Å². The van der Waals surface area contributed by atoms with Gasteiger partial charge in [-0.3, -0.25) is 4.79 Å². The summed E-state index contributed by atoms with van der Waals surface area (Å²) in [5.41, 5.74) is 0.631. The number of rotatable bonds is 5. The number of hydrogen-bond donors (Lipinski definition) is 1. The quantitative estimate of drug-likeness (QED) is 0.886. The normalized spacial score (nSPS) is 16.6. The van der Waals surface area contributed by atoms with E-state index in [1.54, 1.807) is 19.2 Å². The number of anilines is 1. The smallest absolute Gasteiger partial charge is 0.224 e. The fourth-order valence-electron chi connectivity index (χ4n) is 3.03. The average Bonchev–Trinajstić information content (AvgIpc) is 3.11. The van der Waals surface area contributed by atoms with Crippen LogP contribution < -0.4 is 15.0 Å². The zero-order chi connectivity index (χ0) is 18.7. The molecule has 1 aliphatic heterocycles. The molecule has 2 aromatic carbocycles. The first-order valence-corrected chi connectivity index (χ1v) is 8.30. The van der Waals surface area contributed by atoms with Gasteiger partial charge in [0, 0.05) is 38.0 Å². The van der Waals surface area contributed by atoms with Gasteiger partial charge in [0.1, 0.15) is 29.8 Å². The molecule has 0 saturated carbocycles. The first kappa shape index (κ1) is 18.1. The van der Waals surface area contributed by atoms with Crippen molar-refractivity contribution in [3.8, 4) is 5.75 Å². The lowest BCUT2D eigenvalue weighted by Crippen LogP contribution is -2.30. The minimum Gasteiger partial charge on any atom is -0.489 e. The van der Waals surface area contributed by atoms with E-state index in [0.717, 1.165) is 18.7 Å². The molecule has 0 aliphatic carbocycles. The predicted molar refractivity (Wildman–Crippen MR) is 91.5 cm³/mol. The minimum atomic E-state index is -0.976. The van der Waals surface area contributed by atoms with Crippen LogP contribution in [0.25, 0.3) is 0 Å². The van der Waals surface area contributed by atoms with Crippen LogP contribution in [-0.2, 0) is 11.4 Å². The molecule has 0 radical (unpaired) electrons. The van der Waals surface area contributed by atoms with Gasteiger partial charge in [-0.15, -0.1) is 0 Å². The van der Waals surface area contributed by atoms with Crippen molar-refractivity contribution in [2.45, 2.75) is 13.0 Å². The fourth-order valence-corrected chi connectivity index (χ4v) is 3.03. The zero-order valence-corrected chi connectivity index (χ0v) is 14.3. The minimum absolute atomic E-state index is 0.0275. The number of carbonyl (C=O) groups is 1. The second kappa shape index (κ2) is 7.68. The lowest BCUT2D eigenvalue weighted by molar-refractivity contribution is -0.123. The summed E-state index contributed by atoms with van der Waals surface area (Å²) in [6.07, 6.45) is 0.793. The maximum absolute atomic E-state index is 13.6. The summed E-state index contributed by atoms with van der Waals surface area (Å²) in [7, 11) is 1.63. The summed E-state index contributed by atoms with van der Waals surface area (Å²) < 4.78 is 45.5. The Balaban J connectivity index is 1.61. The largest absolute Gasteiger partial charge is 0.489 e. The van der Waals surface area contributed by atoms with Crippen LogP contribution in [0.2, 0.25) is 0 Å². The molecule has 26 heavy (non-hydrogen) atoms. The van der Waals surface area contributed by atoms with Crippen molar-refractivity contribution < 1.29 is 22.7 Å². The Hall–Kier alpha value is -2.70. The van der Waals surface area contributed by atoms with E-state index in [9.17, 15) is 18.0 Å². The summed E-state index contributed by atoms with van der Waals surface area (Å²) >= 11 is 0. The molecule has 138 valence electrons. The van der Waals surface area contributed by atoms with Gasteiger partial charge in [-0.05, 0) is 30.7 Å². The zero-order valence-electron chi connectivity index (χ0n) is 14.3. The molecule has 1 saturated heterocycles. The van der Waals surface area contributed by atoms with Crippen molar-refractivity contribution in [2.24, 2.45) is 5.92 Å². The first-order valence-electron chi connectivity index (χ1n) is 8.30. The lowest BCUT2D eigenvalue weighted by atomic mass is 10.1. The Kier molecular flexibility index (Phi) is 5.35. The van der Waals surface area contributed by atoms with Crippen molar-refractivity contribution in [3.63, 3.8) is 0 Å². The highest BCUT2D eigenvalue weighted by atomic mass is 19.1. The van der Waals surface area contributed by atoms with E-state index >= 15 is 0 Å². The Morgan fingerprint density at radius 2 is 1.85 bits per heavy atom. The standard InChI is InChI=1S/C19H19F3N2O2/c1-23-19(25)12-6-7-24(10-12)14-2-4-15(5-3-14)26-11-16-17(21)8-13(20)9-18(16)22/h2-5,8-9,12H,6-7,10-11H2,1H3,(H,23,25). The number of ether oxygens (including phenoxy) is 1. The fraction of sp³-hybridized carbons (Fsp3) is 0.316. The SMILES string of the molecule is CNC(=O)C1CCN(c2ccc(OCc3c(F)cc(F)cc3F)cc2)C1. The Bertz CT molecular complexity index is 773. The molecular formula is C19H19F3N2O2. The number of nitrogens with one attached hydrogen (secondary N) is 1. The highest BCUT2D eigenvalue weighted by Crippen LogP contribution is 2.26. The molecule has 1 N–H and O–H groups in total. The molecule has 1 atom stereocenters. The number of amides is 1. The molecule has 1 heterocycles. The Morgan fingerprint density at radius 3 is 2.46 bits per heavy atom. The van der Waals surface area contributed by atoms with Crippen LogP contribution in [-0.4, -0.2) is 26.0 Å². The van der Waals surface area contributed by atoms with Gasteiger partial charge in [-0.2, -0.15) is 0 Å². The molecular weight excluding hydrogens is 345 g/mol. The second-order valence-electron chi connectivity index (χ2n) is 6.18. The summed E-state index contributed by atoms with van der Waals surface area (Å²) in [5, 5.41) is 2.66. The topological polar surface area (TPSA) is 41.6 Å². The molecule has 1 aliphatic rings. The second-order valence-corrected chi connectivity index (χ2v) is 6.18. The van der Waals surface area contributed by atoms with Crippen molar-refractivity contribution in [2.75, 3.05) is 25.0 Å². The Labute approximate surface area is 149 Å². The maximum Gasteiger partial charge on any atom is 0.224 e. The number of hydrogen-bond acceptors (Lipinski definition) is 3. The van der Waals surface area contributed by atoms with Crippen LogP contribution in [0.3, 0.4) is 0 Å². The molecule has 1 unspecified atom stereocenters. The molecule has 1 amide bonds. The summed E-state index contributed by atoms with van der Waals surface area (Å²) in [6.45, 7) is 1.09. The van der Waals surface area contributed by atoms with Gasteiger partial charge in [0.05, 0.1) is 11.5 Å². The summed E-state index contributed by atoms with van der Waals surface area (Å²) in [5.74, 6) is -2.46. The van der Waals surface area contributed by atoms with Gasteiger partial charge in [0.25, 0.3) is 0 Å². The number of nitrogens with zero attached hydrogens (tertiary/aromatic N) is 1. The first-order chi connectivity index (χ1) is 12.5. The molecule has 4 nitrogen and oxygen atoms in total. The molecule has 0 bridgehead atoms. The summed E-state index contributed by atoms with van der Waals surface area (Å²) in [6, 6.07) is 8.31. The van der Waals surface area contributed by atoms with Crippen LogP contribution in [0.4, 0.5) is 18.9 Å². The third-order valence-electron chi connectivity index (χ3n) is 4.50. The van der Waals surface area contributed by atoms with Crippen molar-refractivity contribution in [1.29, 1.82) is 0 Å². The molecule has 0 spiro atoms. The molecule has 7 heteroatoms. The third-order valence-corrected chi connectivity index (χ3v) is 4.50. The average molecular weight is 364 g/mol. The maximum atomic E-state index is 13.6. The highest BCUT2D eigenvalue weighted by molar-refractivity contribution is 5.79. The van der Waals surface area contributed by atoms with E-state index < -0.39 is 17.5 Å². The van der Waals surface area contributed by atoms with E-state index in [4.69, 9.17) is 4.74 Å². The lowest BCUT2D eigenvalue weighted by Gasteiger charge is -2.19. The van der Waals surface area contributed by atoms with Gasteiger partial charge in [0.2, 0.25) is 5.91 Å². The molecule has 3 rings (SSSR count). The van der Waals surface area contributed by atoms with Crippen molar-refractivity contribution in [3.05, 3.63) is 59.4 Å². The predicted octanol–water partition coefficient (Wildman–Crippen LogP) is 3.26. The van der Waals surface area contributed by atoms with E-state index in [0.29, 0.717) is 24.4 Å². The number of halogens is 3. The highest BCUT2D eigenvalue weighted by Gasteiger charge is 2.27. The van der Waals surface area contributed by atoms with Crippen LogP contribution in [0.1, 0.15) is 12.0 Å². The van der Waals surface area contributed by atoms with Crippen molar-refractivity contribution >= 4 is 11.6 Å². The van der Waals surface area contributed by atoms with E-state index in [1.807, 2.05) is 12.1 Å². The van der Waals surface area contributed by atoms with E-state index in [1.165, 1.54) is 0 Å². The van der Waals surface area contributed by atoms with Crippen LogP contribution >= 0.6 is 0 Å². The van der Waals surface area contributed by atoms with Gasteiger partial charge >= 0.3 is 0 Å². The molecule has 1 fully saturated rings. The van der Waals surface area contributed by atoms with Gasteiger partial charge in [-0.25, -0.2) is 13.2 Å².